The zero-order valence-corrected chi connectivity index (χ0v) is 11.6. The number of aliphatic hydroxyl groups is 1. The normalized spacial score (nSPS) is 26.8. The van der Waals surface area contributed by atoms with Gasteiger partial charge in [-0.15, -0.1) is 0 Å². The Balaban J connectivity index is 1.73. The molecule has 100 valence electrons. The van der Waals surface area contributed by atoms with Gasteiger partial charge < -0.3 is 10.4 Å². The van der Waals surface area contributed by atoms with Crippen LogP contribution in [0.25, 0.3) is 0 Å². The maximum absolute atomic E-state index is 10.5. The maximum atomic E-state index is 10.5. The third-order valence-electron chi connectivity index (χ3n) is 5.08. The summed E-state index contributed by atoms with van der Waals surface area (Å²) in [7, 11) is 0. The van der Waals surface area contributed by atoms with Crippen LogP contribution >= 0.6 is 0 Å². The quantitative estimate of drug-likeness (QED) is 0.723. The molecule has 2 aliphatic carbocycles. The third-order valence-corrected chi connectivity index (χ3v) is 5.08. The highest BCUT2D eigenvalue weighted by Gasteiger charge is 2.45. The minimum absolute atomic E-state index is 0.413. The molecule has 0 heterocycles. The van der Waals surface area contributed by atoms with E-state index in [0.29, 0.717) is 5.41 Å². The summed E-state index contributed by atoms with van der Waals surface area (Å²) in [5.74, 6) is 0.777. The van der Waals surface area contributed by atoms with Gasteiger partial charge in [-0.3, -0.25) is 0 Å². The topological polar surface area (TPSA) is 32.3 Å². The standard InChI is InChI=1S/C15H29NO/c1-13(2)14(9-10-14)11-16-12-15(17)7-5-3-4-6-8-15/h13,16-17H,3-12H2,1-2H3. The molecule has 2 heteroatoms. The fourth-order valence-electron chi connectivity index (χ4n) is 3.23. The average molecular weight is 239 g/mol. The Labute approximate surface area is 106 Å². The van der Waals surface area contributed by atoms with Gasteiger partial charge in [0.15, 0.2) is 0 Å². The largest absolute Gasteiger partial charge is 0.389 e. The first-order valence-corrected chi connectivity index (χ1v) is 7.50. The lowest BCUT2D eigenvalue weighted by atomic mass is 9.91. The molecule has 2 saturated carbocycles. The number of rotatable bonds is 5. The van der Waals surface area contributed by atoms with Crippen molar-refractivity contribution >= 4 is 0 Å². The fraction of sp³-hybridized carbons (Fsp3) is 1.00. The van der Waals surface area contributed by atoms with Crippen molar-refractivity contribution in [2.45, 2.75) is 70.8 Å². The summed E-state index contributed by atoms with van der Waals surface area (Å²) >= 11 is 0. The Morgan fingerprint density at radius 3 is 2.00 bits per heavy atom. The van der Waals surface area contributed by atoms with Gasteiger partial charge >= 0.3 is 0 Å². The smallest absolute Gasteiger partial charge is 0.0771 e. The van der Waals surface area contributed by atoms with Crippen LogP contribution in [0.15, 0.2) is 0 Å². The second-order valence-corrected chi connectivity index (χ2v) is 6.76. The summed E-state index contributed by atoms with van der Waals surface area (Å²) in [5.41, 5.74) is 0.144. The molecule has 17 heavy (non-hydrogen) atoms. The van der Waals surface area contributed by atoms with Crippen LogP contribution in [-0.4, -0.2) is 23.8 Å². The summed E-state index contributed by atoms with van der Waals surface area (Å²) in [6, 6.07) is 0. The first-order chi connectivity index (χ1) is 8.06. The van der Waals surface area contributed by atoms with Crippen molar-refractivity contribution in [2.24, 2.45) is 11.3 Å². The molecule has 0 aromatic carbocycles. The molecule has 2 fully saturated rings. The zero-order valence-electron chi connectivity index (χ0n) is 11.6. The molecule has 0 saturated heterocycles. The van der Waals surface area contributed by atoms with Crippen LogP contribution in [0.1, 0.15) is 65.2 Å². The minimum Gasteiger partial charge on any atom is -0.389 e. The van der Waals surface area contributed by atoms with E-state index in [9.17, 15) is 5.11 Å². The van der Waals surface area contributed by atoms with Crippen molar-refractivity contribution in [3.63, 3.8) is 0 Å². The lowest BCUT2D eigenvalue weighted by Gasteiger charge is -2.29. The van der Waals surface area contributed by atoms with Gasteiger partial charge in [0.1, 0.15) is 0 Å². The van der Waals surface area contributed by atoms with Crippen LogP contribution in [0.5, 0.6) is 0 Å². The van der Waals surface area contributed by atoms with Gasteiger partial charge in [-0.25, -0.2) is 0 Å². The van der Waals surface area contributed by atoms with Crippen LogP contribution in [0.2, 0.25) is 0 Å². The van der Waals surface area contributed by atoms with Gasteiger partial charge in [0.05, 0.1) is 5.60 Å². The van der Waals surface area contributed by atoms with Crippen molar-refractivity contribution in [3.8, 4) is 0 Å². The molecule has 2 N–H and O–H groups in total. The van der Waals surface area contributed by atoms with Crippen molar-refractivity contribution in [2.75, 3.05) is 13.1 Å². The molecule has 0 spiro atoms. The molecule has 0 radical (unpaired) electrons. The summed E-state index contributed by atoms with van der Waals surface area (Å²) < 4.78 is 0. The van der Waals surface area contributed by atoms with E-state index in [2.05, 4.69) is 19.2 Å². The van der Waals surface area contributed by atoms with E-state index in [1.807, 2.05) is 0 Å². The molecule has 0 bridgehead atoms. The summed E-state index contributed by atoms with van der Waals surface area (Å²) in [5, 5.41) is 14.1. The predicted octanol–water partition coefficient (Wildman–Crippen LogP) is 3.10. The lowest BCUT2D eigenvalue weighted by molar-refractivity contribution is 0.0237. The monoisotopic (exact) mass is 239 g/mol. The summed E-state index contributed by atoms with van der Waals surface area (Å²) in [4.78, 5) is 0. The Kier molecular flexibility index (Phi) is 4.14. The molecule has 0 atom stereocenters. The maximum Gasteiger partial charge on any atom is 0.0771 e. The van der Waals surface area contributed by atoms with Gasteiger partial charge in [0.2, 0.25) is 0 Å². The van der Waals surface area contributed by atoms with E-state index in [1.165, 1.54) is 38.5 Å². The highest BCUT2D eigenvalue weighted by atomic mass is 16.3. The van der Waals surface area contributed by atoms with Crippen molar-refractivity contribution in [1.82, 2.24) is 5.32 Å². The fourth-order valence-corrected chi connectivity index (χ4v) is 3.23. The van der Waals surface area contributed by atoms with E-state index in [4.69, 9.17) is 0 Å². The third kappa shape index (κ3) is 3.45. The Hall–Kier alpha value is -0.0800. The molecule has 0 unspecified atom stereocenters. The van der Waals surface area contributed by atoms with Crippen molar-refractivity contribution < 1.29 is 5.11 Å². The Bertz CT molecular complexity index is 237. The van der Waals surface area contributed by atoms with Crippen LogP contribution in [0.4, 0.5) is 0 Å². The number of nitrogens with one attached hydrogen (secondary N) is 1. The Morgan fingerprint density at radius 2 is 1.53 bits per heavy atom. The summed E-state index contributed by atoms with van der Waals surface area (Å²) in [6.45, 7) is 6.57. The molecular weight excluding hydrogens is 210 g/mol. The highest BCUT2D eigenvalue weighted by Crippen LogP contribution is 2.51. The molecule has 0 aliphatic heterocycles. The lowest BCUT2D eigenvalue weighted by Crippen LogP contribution is -2.42. The number of hydrogen-bond donors (Lipinski definition) is 2. The van der Waals surface area contributed by atoms with E-state index in [0.717, 1.165) is 31.8 Å². The Morgan fingerprint density at radius 1 is 0.941 bits per heavy atom. The number of hydrogen-bond acceptors (Lipinski definition) is 2. The molecule has 2 nitrogen and oxygen atoms in total. The van der Waals surface area contributed by atoms with Crippen LogP contribution in [0.3, 0.4) is 0 Å². The first-order valence-electron chi connectivity index (χ1n) is 7.50. The van der Waals surface area contributed by atoms with Crippen LogP contribution < -0.4 is 5.32 Å². The zero-order chi connectivity index (χ0) is 12.4. The predicted molar refractivity (Wildman–Crippen MR) is 72.0 cm³/mol. The van der Waals surface area contributed by atoms with E-state index >= 15 is 0 Å². The second-order valence-electron chi connectivity index (χ2n) is 6.76. The van der Waals surface area contributed by atoms with Gasteiger partial charge in [0.25, 0.3) is 0 Å². The highest BCUT2D eigenvalue weighted by molar-refractivity contribution is 4.97. The molecule has 2 rings (SSSR count). The minimum atomic E-state index is -0.413. The van der Waals surface area contributed by atoms with Gasteiger partial charge in [-0.1, -0.05) is 39.5 Å². The van der Waals surface area contributed by atoms with Crippen LogP contribution in [0, 0.1) is 11.3 Å². The van der Waals surface area contributed by atoms with E-state index in [1.54, 1.807) is 0 Å². The van der Waals surface area contributed by atoms with Crippen LogP contribution in [-0.2, 0) is 0 Å². The molecule has 0 aromatic heterocycles. The van der Waals surface area contributed by atoms with Crippen molar-refractivity contribution in [3.05, 3.63) is 0 Å². The SMILES string of the molecule is CC(C)C1(CNCC2(O)CCCCCC2)CC1. The molecule has 0 amide bonds. The van der Waals surface area contributed by atoms with E-state index < -0.39 is 5.60 Å². The second kappa shape index (κ2) is 5.27. The van der Waals surface area contributed by atoms with Gasteiger partial charge in [-0.05, 0) is 37.0 Å². The summed E-state index contributed by atoms with van der Waals surface area (Å²) in [6.07, 6.45) is 9.74. The van der Waals surface area contributed by atoms with E-state index in [-0.39, 0.29) is 0 Å². The molecule has 2 aliphatic rings. The molecule has 0 aromatic rings. The average Bonchev–Trinajstić information content (AvgIpc) is 3.05. The molecular formula is C15H29NO. The van der Waals surface area contributed by atoms with Gasteiger partial charge in [0, 0.05) is 13.1 Å². The van der Waals surface area contributed by atoms with Crippen molar-refractivity contribution in [1.29, 1.82) is 0 Å². The van der Waals surface area contributed by atoms with Gasteiger partial charge in [-0.2, -0.15) is 0 Å². The first kappa shape index (κ1) is 13.4.